The maximum absolute atomic E-state index is 8.86. The van der Waals surface area contributed by atoms with E-state index in [4.69, 9.17) is 42.8 Å². The van der Waals surface area contributed by atoms with E-state index in [2.05, 4.69) is 30.6 Å². The number of hydrogen-bond donors (Lipinski definition) is 6. The predicted molar refractivity (Wildman–Crippen MR) is 152 cm³/mol. The van der Waals surface area contributed by atoms with Crippen LogP contribution in [0.2, 0.25) is 5.02 Å². The fourth-order valence-corrected chi connectivity index (χ4v) is 3.33. The molecule has 0 fully saturated rings. The zero-order chi connectivity index (χ0) is 28.2. The van der Waals surface area contributed by atoms with Gasteiger partial charge in [-0.25, -0.2) is 9.97 Å². The molecule has 2 aromatic carbocycles. The summed E-state index contributed by atoms with van der Waals surface area (Å²) in [5, 5.41) is 24.2. The van der Waals surface area contributed by atoms with Crippen LogP contribution in [0.15, 0.2) is 54.9 Å². The lowest BCUT2D eigenvalue weighted by molar-refractivity contribution is 0.310. The monoisotopic (exact) mass is 554 g/mol. The lowest BCUT2D eigenvalue weighted by Crippen LogP contribution is -2.10. The van der Waals surface area contributed by atoms with E-state index in [1.165, 1.54) is 12.4 Å². The highest BCUT2D eigenvalue weighted by molar-refractivity contribution is 6.30. The van der Waals surface area contributed by atoms with Gasteiger partial charge in [-0.3, -0.25) is 0 Å². The van der Waals surface area contributed by atoms with Crippen molar-refractivity contribution in [1.82, 2.24) is 19.9 Å². The van der Waals surface area contributed by atoms with Crippen LogP contribution >= 0.6 is 11.6 Å². The number of nitrogens with one attached hydrogen (secondary N) is 2. The molecule has 206 valence electrons. The number of nitrogens with zero attached hydrogens (tertiary/aromatic N) is 4. The fourth-order valence-electron chi connectivity index (χ4n) is 3.10. The molecular weight excluding hydrogens is 524 g/mol. The molecule has 12 nitrogen and oxygen atoms in total. The Labute approximate surface area is 231 Å². The number of benzene rings is 2. The Kier molecular flexibility index (Phi) is 10.9. The third kappa shape index (κ3) is 9.14. The predicted octanol–water partition coefficient (Wildman–Crippen LogP) is 3.78. The smallest absolute Gasteiger partial charge is 0.222 e. The second-order valence-corrected chi connectivity index (χ2v) is 8.55. The van der Waals surface area contributed by atoms with Crippen LogP contribution in [0.5, 0.6) is 23.0 Å². The summed E-state index contributed by atoms with van der Waals surface area (Å²) in [4.78, 5) is 15.9. The lowest BCUT2D eigenvalue weighted by Gasteiger charge is -2.13. The van der Waals surface area contributed by atoms with E-state index >= 15 is 0 Å². The van der Waals surface area contributed by atoms with Crippen LogP contribution in [0.3, 0.4) is 0 Å². The van der Waals surface area contributed by atoms with Gasteiger partial charge in [-0.05, 0) is 49.7 Å². The molecule has 8 N–H and O–H groups in total. The number of aryl methyl sites for hydroxylation is 2. The molecule has 0 aliphatic carbocycles. The van der Waals surface area contributed by atoms with Gasteiger partial charge in [-0.15, -0.1) is 0 Å². The first-order chi connectivity index (χ1) is 18.8. The summed E-state index contributed by atoms with van der Waals surface area (Å²) in [5.41, 5.74) is 13.1. The third-order valence-electron chi connectivity index (χ3n) is 4.96. The number of ether oxygens (including phenoxy) is 2. The Morgan fingerprint density at radius 3 is 1.82 bits per heavy atom. The molecule has 0 unspecified atom stereocenters. The van der Waals surface area contributed by atoms with E-state index in [1.807, 2.05) is 38.1 Å². The number of halogens is 1. The van der Waals surface area contributed by atoms with Crippen LogP contribution < -0.4 is 31.6 Å². The van der Waals surface area contributed by atoms with Crippen molar-refractivity contribution >= 4 is 35.1 Å². The van der Waals surface area contributed by atoms with Gasteiger partial charge in [0.2, 0.25) is 11.9 Å². The Morgan fingerprint density at radius 2 is 1.31 bits per heavy atom. The molecule has 0 saturated carbocycles. The Hall–Kier alpha value is -4.39. The van der Waals surface area contributed by atoms with E-state index in [9.17, 15) is 0 Å². The zero-order valence-electron chi connectivity index (χ0n) is 21.6. The third-order valence-corrected chi connectivity index (χ3v) is 5.20. The summed E-state index contributed by atoms with van der Waals surface area (Å²) in [6, 6.07) is 12.9. The topological polar surface area (TPSA) is 187 Å². The highest BCUT2D eigenvalue weighted by atomic mass is 35.5. The largest absolute Gasteiger partial charge is 0.452 e. The minimum Gasteiger partial charge on any atom is -0.452 e. The summed E-state index contributed by atoms with van der Waals surface area (Å²) in [5.74, 6) is 3.40. The number of hydrogen-bond acceptors (Lipinski definition) is 12. The first-order valence-corrected chi connectivity index (χ1v) is 12.3. The zero-order valence-corrected chi connectivity index (χ0v) is 22.3. The minimum absolute atomic E-state index is 0.00607. The number of anilines is 4. The summed E-state index contributed by atoms with van der Waals surface area (Å²) in [6.45, 7) is 4.56. The molecule has 4 rings (SSSR count). The number of aliphatic hydroxyl groups is 2. The van der Waals surface area contributed by atoms with E-state index in [1.54, 1.807) is 18.2 Å². The van der Waals surface area contributed by atoms with Crippen molar-refractivity contribution in [3.8, 4) is 23.0 Å². The molecule has 13 heteroatoms. The molecule has 0 spiro atoms. The van der Waals surface area contributed by atoms with Crippen LogP contribution in [0.25, 0.3) is 0 Å². The highest BCUT2D eigenvalue weighted by Gasteiger charge is 2.10. The summed E-state index contributed by atoms with van der Waals surface area (Å²) < 4.78 is 11.5. The standard InChI is InChI=1S/C13H15ClN4O2.C13H16N4O2/c1-8-6-9(14)2-3-10(8)20-11-7-17-13(15)18-12(11)16-4-5-19;1-9-2-4-10(5-3-9)19-11-8-16-13(14)17-12(11)15-6-7-18/h2-3,6-7,19H,4-5H2,1H3,(H3,15,16,17,18);2-5,8,18H,6-7H2,1H3,(H3,14,15,16,17). The van der Waals surface area contributed by atoms with Crippen molar-refractivity contribution < 1.29 is 19.7 Å². The van der Waals surface area contributed by atoms with Gasteiger partial charge in [0.05, 0.1) is 25.6 Å². The highest BCUT2D eigenvalue weighted by Crippen LogP contribution is 2.31. The summed E-state index contributed by atoms with van der Waals surface area (Å²) >= 11 is 5.90. The maximum atomic E-state index is 8.86. The van der Waals surface area contributed by atoms with Crippen LogP contribution in [-0.2, 0) is 0 Å². The van der Waals surface area contributed by atoms with Gasteiger partial charge in [0.1, 0.15) is 11.5 Å². The molecule has 0 aliphatic rings. The second kappa shape index (κ2) is 14.5. The molecule has 0 radical (unpaired) electrons. The van der Waals surface area contributed by atoms with Crippen LogP contribution in [0.1, 0.15) is 11.1 Å². The average molecular weight is 555 g/mol. The van der Waals surface area contributed by atoms with Crippen molar-refractivity contribution in [1.29, 1.82) is 0 Å². The first-order valence-electron chi connectivity index (χ1n) is 11.9. The van der Waals surface area contributed by atoms with Crippen molar-refractivity contribution in [2.24, 2.45) is 0 Å². The molecule has 2 aromatic heterocycles. The number of rotatable bonds is 10. The van der Waals surface area contributed by atoms with E-state index < -0.39 is 0 Å². The van der Waals surface area contributed by atoms with Crippen molar-refractivity contribution in [2.45, 2.75) is 13.8 Å². The second-order valence-electron chi connectivity index (χ2n) is 8.11. The van der Waals surface area contributed by atoms with Crippen LogP contribution in [0, 0.1) is 13.8 Å². The molecule has 2 heterocycles. The maximum Gasteiger partial charge on any atom is 0.222 e. The molecule has 0 bridgehead atoms. The molecule has 0 saturated heterocycles. The van der Waals surface area contributed by atoms with Gasteiger partial charge in [-0.2, -0.15) is 9.97 Å². The van der Waals surface area contributed by atoms with E-state index in [0.29, 0.717) is 52.7 Å². The van der Waals surface area contributed by atoms with Crippen molar-refractivity contribution in [3.05, 3.63) is 71.0 Å². The van der Waals surface area contributed by atoms with Crippen molar-refractivity contribution in [3.63, 3.8) is 0 Å². The molecular formula is C26H31ClN8O4. The van der Waals surface area contributed by atoms with Gasteiger partial charge >= 0.3 is 0 Å². The van der Waals surface area contributed by atoms with E-state index in [0.717, 1.165) is 11.1 Å². The summed E-state index contributed by atoms with van der Waals surface area (Å²) in [7, 11) is 0. The van der Waals surface area contributed by atoms with Crippen LogP contribution in [-0.4, -0.2) is 56.5 Å². The molecule has 4 aromatic rings. The molecule has 0 aliphatic heterocycles. The number of nitrogens with two attached hydrogens (primary N) is 2. The minimum atomic E-state index is -0.0245. The van der Waals surface area contributed by atoms with Gasteiger partial charge in [0, 0.05) is 18.1 Å². The molecule has 0 amide bonds. The number of aliphatic hydroxyl groups excluding tert-OH is 2. The molecule has 39 heavy (non-hydrogen) atoms. The van der Waals surface area contributed by atoms with Gasteiger partial charge in [-0.1, -0.05) is 29.3 Å². The number of aromatic nitrogens is 4. The average Bonchev–Trinajstić information content (AvgIpc) is 2.92. The number of nitrogen functional groups attached to an aromatic ring is 2. The van der Waals surface area contributed by atoms with Gasteiger partial charge < -0.3 is 41.8 Å². The lowest BCUT2D eigenvalue weighted by atomic mass is 10.2. The molecule has 0 atom stereocenters. The Balaban J connectivity index is 0.000000216. The fraction of sp³-hybridized carbons (Fsp3) is 0.231. The van der Waals surface area contributed by atoms with Gasteiger partial charge in [0.15, 0.2) is 23.1 Å². The van der Waals surface area contributed by atoms with Crippen LogP contribution in [0.4, 0.5) is 23.5 Å². The Bertz CT molecular complexity index is 1360. The quantitative estimate of drug-likeness (QED) is 0.167. The normalized spacial score (nSPS) is 10.3. The Morgan fingerprint density at radius 1 is 0.769 bits per heavy atom. The van der Waals surface area contributed by atoms with Gasteiger partial charge in [0.25, 0.3) is 0 Å². The van der Waals surface area contributed by atoms with E-state index in [-0.39, 0.29) is 25.1 Å². The SMILES string of the molecule is Cc1cc(Cl)ccc1Oc1cnc(N)nc1NCCO.Cc1ccc(Oc2cnc(N)nc2NCCO)cc1. The first kappa shape index (κ1) is 29.2. The summed E-state index contributed by atoms with van der Waals surface area (Å²) in [6.07, 6.45) is 2.98. The van der Waals surface area contributed by atoms with Crippen molar-refractivity contribution in [2.75, 3.05) is 48.4 Å².